The quantitative estimate of drug-likeness (QED) is 0.795. The van der Waals surface area contributed by atoms with Crippen molar-refractivity contribution in [2.75, 3.05) is 5.32 Å². The monoisotopic (exact) mass is 308 g/mol. The fourth-order valence-electron chi connectivity index (χ4n) is 3.36. The zero-order valence-corrected chi connectivity index (χ0v) is 13.7. The standard InChI is InChI=1S/C20H24N2O/c1-15(23)19-8-5-13-21-20(19)22-14-16-9-11-18(12-10-16)17-6-3-2-4-7-17/h5,8-13,17H,2-4,6-7,14H2,1H3,(H,21,22). The van der Waals surface area contributed by atoms with Gasteiger partial charge >= 0.3 is 0 Å². The molecular formula is C20H24N2O. The summed E-state index contributed by atoms with van der Waals surface area (Å²) in [6.45, 7) is 2.25. The SMILES string of the molecule is CC(=O)c1cccnc1NCc1ccc(C2CCCCC2)cc1. The normalized spacial score (nSPS) is 15.3. The van der Waals surface area contributed by atoms with Crippen LogP contribution in [-0.2, 0) is 6.54 Å². The van der Waals surface area contributed by atoms with Crippen LogP contribution in [0.15, 0.2) is 42.6 Å². The van der Waals surface area contributed by atoms with Gasteiger partial charge in [-0.15, -0.1) is 0 Å². The molecule has 0 spiro atoms. The molecule has 0 aliphatic heterocycles. The summed E-state index contributed by atoms with van der Waals surface area (Å²) in [5.74, 6) is 1.44. The van der Waals surface area contributed by atoms with Crippen LogP contribution in [0.1, 0.15) is 66.4 Å². The first-order chi connectivity index (χ1) is 11.2. The van der Waals surface area contributed by atoms with Crippen molar-refractivity contribution in [2.24, 2.45) is 0 Å². The molecule has 3 heteroatoms. The topological polar surface area (TPSA) is 42.0 Å². The molecule has 0 bridgehead atoms. The van der Waals surface area contributed by atoms with Gasteiger partial charge in [0, 0.05) is 12.7 Å². The van der Waals surface area contributed by atoms with Crippen molar-refractivity contribution in [1.29, 1.82) is 0 Å². The van der Waals surface area contributed by atoms with Gasteiger partial charge in [-0.1, -0.05) is 43.5 Å². The van der Waals surface area contributed by atoms with Gasteiger partial charge < -0.3 is 5.32 Å². The van der Waals surface area contributed by atoms with E-state index in [1.807, 2.05) is 6.07 Å². The van der Waals surface area contributed by atoms with E-state index in [0.29, 0.717) is 17.9 Å². The lowest BCUT2D eigenvalue weighted by Crippen LogP contribution is -2.07. The number of aromatic nitrogens is 1. The third-order valence-corrected chi connectivity index (χ3v) is 4.70. The van der Waals surface area contributed by atoms with Crippen molar-refractivity contribution >= 4 is 11.6 Å². The molecule has 0 radical (unpaired) electrons. The van der Waals surface area contributed by atoms with Gasteiger partial charge in [-0.3, -0.25) is 4.79 Å². The lowest BCUT2D eigenvalue weighted by atomic mass is 9.84. The Morgan fingerprint density at radius 2 is 1.87 bits per heavy atom. The van der Waals surface area contributed by atoms with E-state index in [-0.39, 0.29) is 5.78 Å². The maximum absolute atomic E-state index is 11.6. The molecule has 1 saturated carbocycles. The van der Waals surface area contributed by atoms with Gasteiger partial charge in [-0.2, -0.15) is 0 Å². The number of carbonyl (C=O) groups is 1. The minimum absolute atomic E-state index is 0.0354. The van der Waals surface area contributed by atoms with Gasteiger partial charge in [0.15, 0.2) is 5.78 Å². The largest absolute Gasteiger partial charge is 0.365 e. The summed E-state index contributed by atoms with van der Waals surface area (Å²) in [5, 5.41) is 3.28. The molecule has 1 aliphatic rings. The Morgan fingerprint density at radius 1 is 1.13 bits per heavy atom. The average molecular weight is 308 g/mol. The van der Waals surface area contributed by atoms with Crippen LogP contribution < -0.4 is 5.32 Å². The summed E-state index contributed by atoms with van der Waals surface area (Å²) in [4.78, 5) is 15.9. The van der Waals surface area contributed by atoms with Crippen LogP contribution in [0, 0.1) is 0 Å². The van der Waals surface area contributed by atoms with Crippen LogP contribution in [0.25, 0.3) is 0 Å². The van der Waals surface area contributed by atoms with E-state index in [2.05, 4.69) is 34.6 Å². The molecule has 1 fully saturated rings. The lowest BCUT2D eigenvalue weighted by molar-refractivity contribution is 0.101. The van der Waals surface area contributed by atoms with Crippen LogP contribution >= 0.6 is 0 Å². The number of nitrogens with one attached hydrogen (secondary N) is 1. The first-order valence-corrected chi connectivity index (χ1v) is 8.52. The van der Waals surface area contributed by atoms with Crippen molar-refractivity contribution in [3.05, 3.63) is 59.3 Å². The second-order valence-electron chi connectivity index (χ2n) is 6.39. The van der Waals surface area contributed by atoms with Gasteiger partial charge in [-0.05, 0) is 48.9 Å². The Balaban J connectivity index is 1.64. The molecule has 0 amide bonds. The van der Waals surface area contributed by atoms with Crippen molar-refractivity contribution < 1.29 is 4.79 Å². The number of nitrogens with zero attached hydrogens (tertiary/aromatic N) is 1. The van der Waals surface area contributed by atoms with Crippen LogP contribution in [-0.4, -0.2) is 10.8 Å². The number of hydrogen-bond donors (Lipinski definition) is 1. The molecule has 1 aromatic carbocycles. The molecular weight excluding hydrogens is 284 g/mol. The van der Waals surface area contributed by atoms with E-state index in [1.54, 1.807) is 19.2 Å². The molecule has 1 aromatic heterocycles. The highest BCUT2D eigenvalue weighted by atomic mass is 16.1. The molecule has 0 unspecified atom stereocenters. The van der Waals surface area contributed by atoms with Crippen LogP contribution in [0.4, 0.5) is 5.82 Å². The maximum atomic E-state index is 11.6. The third kappa shape index (κ3) is 3.98. The van der Waals surface area contributed by atoms with Crippen LogP contribution in [0.3, 0.4) is 0 Å². The van der Waals surface area contributed by atoms with Gasteiger partial charge in [-0.25, -0.2) is 4.98 Å². The van der Waals surface area contributed by atoms with Gasteiger partial charge in [0.25, 0.3) is 0 Å². The summed E-state index contributed by atoms with van der Waals surface area (Å²) in [6.07, 6.45) is 8.48. The highest BCUT2D eigenvalue weighted by molar-refractivity contribution is 5.98. The van der Waals surface area contributed by atoms with Crippen molar-refractivity contribution in [3.63, 3.8) is 0 Å². The fraction of sp³-hybridized carbons (Fsp3) is 0.400. The predicted octanol–water partition coefficient (Wildman–Crippen LogP) is 4.94. The molecule has 120 valence electrons. The summed E-state index contributed by atoms with van der Waals surface area (Å²) in [7, 11) is 0. The Bertz CT molecular complexity index is 658. The van der Waals surface area contributed by atoms with Crippen LogP contribution in [0.2, 0.25) is 0 Å². The summed E-state index contributed by atoms with van der Waals surface area (Å²) >= 11 is 0. The van der Waals surface area contributed by atoms with E-state index in [9.17, 15) is 4.79 Å². The molecule has 0 atom stereocenters. The predicted molar refractivity (Wildman–Crippen MR) is 93.8 cm³/mol. The number of pyridine rings is 1. The maximum Gasteiger partial charge on any atom is 0.163 e. The molecule has 23 heavy (non-hydrogen) atoms. The Kier molecular flexibility index (Phi) is 5.06. The summed E-state index contributed by atoms with van der Waals surface area (Å²) in [5.41, 5.74) is 3.33. The molecule has 3 rings (SSSR count). The zero-order valence-electron chi connectivity index (χ0n) is 13.7. The average Bonchev–Trinajstić information content (AvgIpc) is 2.61. The van der Waals surface area contributed by atoms with E-state index >= 15 is 0 Å². The Morgan fingerprint density at radius 3 is 2.57 bits per heavy atom. The minimum atomic E-state index is 0.0354. The number of ketones is 1. The Hall–Kier alpha value is -2.16. The van der Waals surface area contributed by atoms with Gasteiger partial charge in [0.2, 0.25) is 0 Å². The molecule has 2 aromatic rings. The number of hydrogen-bond acceptors (Lipinski definition) is 3. The molecule has 0 saturated heterocycles. The summed E-state index contributed by atoms with van der Waals surface area (Å²) < 4.78 is 0. The minimum Gasteiger partial charge on any atom is -0.365 e. The van der Waals surface area contributed by atoms with Gasteiger partial charge in [0.05, 0.1) is 5.56 Å². The number of benzene rings is 1. The van der Waals surface area contributed by atoms with Gasteiger partial charge in [0.1, 0.15) is 5.82 Å². The highest BCUT2D eigenvalue weighted by Crippen LogP contribution is 2.32. The smallest absolute Gasteiger partial charge is 0.163 e. The first-order valence-electron chi connectivity index (χ1n) is 8.52. The number of Topliss-reactive ketones (excluding diaryl/α,β-unsaturated/α-hetero) is 1. The highest BCUT2D eigenvalue weighted by Gasteiger charge is 2.15. The van der Waals surface area contributed by atoms with E-state index in [0.717, 1.165) is 5.92 Å². The Labute approximate surface area is 138 Å². The third-order valence-electron chi connectivity index (χ3n) is 4.70. The number of rotatable bonds is 5. The molecule has 1 heterocycles. The molecule has 3 nitrogen and oxygen atoms in total. The molecule has 1 aliphatic carbocycles. The number of anilines is 1. The van der Waals surface area contributed by atoms with Crippen molar-refractivity contribution in [1.82, 2.24) is 4.98 Å². The van der Waals surface area contributed by atoms with E-state index in [4.69, 9.17) is 0 Å². The summed E-state index contributed by atoms with van der Waals surface area (Å²) in [6, 6.07) is 12.5. The second kappa shape index (κ2) is 7.40. The van der Waals surface area contributed by atoms with Crippen molar-refractivity contribution in [3.8, 4) is 0 Å². The van der Waals surface area contributed by atoms with Crippen molar-refractivity contribution in [2.45, 2.75) is 51.5 Å². The number of carbonyl (C=O) groups excluding carboxylic acids is 1. The zero-order chi connectivity index (χ0) is 16.1. The van der Waals surface area contributed by atoms with Crippen LogP contribution in [0.5, 0.6) is 0 Å². The first kappa shape index (κ1) is 15.7. The lowest BCUT2D eigenvalue weighted by Gasteiger charge is -2.22. The molecule has 1 N–H and O–H groups in total. The van der Waals surface area contributed by atoms with E-state index in [1.165, 1.54) is 43.2 Å². The second-order valence-corrected chi connectivity index (χ2v) is 6.39. The fourth-order valence-corrected chi connectivity index (χ4v) is 3.36. The van der Waals surface area contributed by atoms with E-state index < -0.39 is 0 Å².